The second-order valence-electron chi connectivity index (χ2n) is 6.53. The average Bonchev–Trinajstić information content (AvgIpc) is 3.25. The van der Waals surface area contributed by atoms with Crippen LogP contribution in [0.25, 0.3) is 16.8 Å². The molecule has 0 spiro atoms. The van der Waals surface area contributed by atoms with E-state index >= 15 is 0 Å². The molecule has 1 aliphatic rings. The summed E-state index contributed by atoms with van der Waals surface area (Å²) in [5.74, 6) is 0.0307. The van der Waals surface area contributed by atoms with Gasteiger partial charge in [0.15, 0.2) is 0 Å². The van der Waals surface area contributed by atoms with E-state index in [1.807, 2.05) is 71.0 Å². The Balaban J connectivity index is 1.38. The van der Waals surface area contributed by atoms with E-state index in [2.05, 4.69) is 0 Å². The number of benzene rings is 2. The van der Waals surface area contributed by atoms with Crippen LogP contribution < -0.4 is 0 Å². The van der Waals surface area contributed by atoms with Crippen molar-refractivity contribution in [3.63, 3.8) is 0 Å². The third-order valence-corrected chi connectivity index (χ3v) is 5.65. The smallest absolute Gasteiger partial charge is 0.253 e. The molecule has 1 fully saturated rings. The minimum atomic E-state index is 0.00111. The molecule has 3 aromatic rings. The van der Waals surface area contributed by atoms with E-state index in [0.29, 0.717) is 31.7 Å². The van der Waals surface area contributed by atoms with Crippen LogP contribution in [0.3, 0.4) is 0 Å². The fourth-order valence-electron chi connectivity index (χ4n) is 3.28. The Labute approximate surface area is 162 Å². The van der Waals surface area contributed by atoms with Gasteiger partial charge in [-0.3, -0.25) is 9.59 Å². The number of amides is 2. The highest BCUT2D eigenvalue weighted by Crippen LogP contribution is 2.18. The third-order valence-electron chi connectivity index (χ3n) is 4.81. The van der Waals surface area contributed by atoms with Crippen LogP contribution in [-0.2, 0) is 4.79 Å². The van der Waals surface area contributed by atoms with Gasteiger partial charge in [0.05, 0.1) is 0 Å². The average molecular weight is 376 g/mol. The number of hydrogen-bond donors (Lipinski definition) is 0. The molecule has 1 aliphatic heterocycles. The van der Waals surface area contributed by atoms with E-state index in [1.54, 1.807) is 22.3 Å². The summed E-state index contributed by atoms with van der Waals surface area (Å²) in [6, 6.07) is 17.8. The van der Waals surface area contributed by atoms with Gasteiger partial charge in [-0.15, -0.1) is 11.3 Å². The van der Waals surface area contributed by atoms with Crippen LogP contribution >= 0.6 is 11.3 Å². The minimum Gasteiger partial charge on any atom is -0.336 e. The van der Waals surface area contributed by atoms with Crippen molar-refractivity contribution in [2.45, 2.75) is 0 Å². The van der Waals surface area contributed by atoms with E-state index in [0.717, 1.165) is 15.6 Å². The number of hydrogen-bond acceptors (Lipinski definition) is 3. The predicted octanol–water partition coefficient (Wildman–Crippen LogP) is 3.90. The Hall–Kier alpha value is -2.92. The molecular weight excluding hydrogens is 356 g/mol. The van der Waals surface area contributed by atoms with E-state index in [4.69, 9.17) is 0 Å². The van der Waals surface area contributed by atoms with E-state index in [-0.39, 0.29) is 11.8 Å². The number of thiophene rings is 1. The highest BCUT2D eigenvalue weighted by atomic mass is 32.1. The number of rotatable bonds is 3. The highest BCUT2D eigenvalue weighted by molar-refractivity contribution is 7.10. The van der Waals surface area contributed by atoms with Crippen LogP contribution in [-0.4, -0.2) is 47.8 Å². The summed E-state index contributed by atoms with van der Waals surface area (Å²) in [6.45, 7) is 2.24. The molecule has 136 valence electrons. The van der Waals surface area contributed by atoms with Crippen LogP contribution in [0.2, 0.25) is 0 Å². The first-order valence-electron chi connectivity index (χ1n) is 8.99. The van der Waals surface area contributed by atoms with Gasteiger partial charge >= 0.3 is 0 Å². The van der Waals surface area contributed by atoms with Gasteiger partial charge < -0.3 is 9.80 Å². The second-order valence-corrected chi connectivity index (χ2v) is 7.51. The van der Waals surface area contributed by atoms with Gasteiger partial charge in [-0.2, -0.15) is 0 Å². The number of fused-ring (bicyclic) bond motifs is 1. The lowest BCUT2D eigenvalue weighted by molar-refractivity contribution is -0.127. The Bertz CT molecular complexity index is 986. The highest BCUT2D eigenvalue weighted by Gasteiger charge is 2.24. The van der Waals surface area contributed by atoms with Crippen molar-refractivity contribution in [3.8, 4) is 0 Å². The monoisotopic (exact) mass is 376 g/mol. The molecule has 0 bridgehead atoms. The molecule has 4 rings (SSSR count). The quantitative estimate of drug-likeness (QED) is 0.651. The normalized spacial score (nSPS) is 14.8. The lowest BCUT2D eigenvalue weighted by Crippen LogP contribution is -2.50. The zero-order chi connectivity index (χ0) is 18.6. The first kappa shape index (κ1) is 17.5. The van der Waals surface area contributed by atoms with Crippen LogP contribution in [0.4, 0.5) is 0 Å². The predicted molar refractivity (Wildman–Crippen MR) is 110 cm³/mol. The lowest BCUT2D eigenvalue weighted by atomic mass is 10.1. The summed E-state index contributed by atoms with van der Waals surface area (Å²) < 4.78 is 0. The molecule has 0 atom stereocenters. The summed E-state index contributed by atoms with van der Waals surface area (Å²) in [6.07, 6.45) is 3.46. The Morgan fingerprint density at radius 1 is 0.852 bits per heavy atom. The summed E-state index contributed by atoms with van der Waals surface area (Å²) in [4.78, 5) is 29.8. The minimum absolute atomic E-state index is 0.00111. The van der Waals surface area contributed by atoms with Gasteiger partial charge in [0, 0.05) is 42.7 Å². The van der Waals surface area contributed by atoms with Crippen molar-refractivity contribution in [2.75, 3.05) is 26.2 Å². The van der Waals surface area contributed by atoms with Crippen LogP contribution in [0.15, 0.2) is 66.1 Å². The molecule has 1 saturated heterocycles. The zero-order valence-corrected chi connectivity index (χ0v) is 15.7. The molecule has 0 aliphatic carbocycles. The van der Waals surface area contributed by atoms with Crippen LogP contribution in [0.1, 0.15) is 15.2 Å². The van der Waals surface area contributed by atoms with Gasteiger partial charge in [-0.25, -0.2) is 0 Å². The molecule has 2 amide bonds. The maximum absolute atomic E-state index is 12.8. The van der Waals surface area contributed by atoms with Gasteiger partial charge in [0.2, 0.25) is 5.91 Å². The zero-order valence-electron chi connectivity index (χ0n) is 14.9. The van der Waals surface area contributed by atoms with Crippen molar-refractivity contribution >= 4 is 40.0 Å². The number of piperazine rings is 1. The maximum Gasteiger partial charge on any atom is 0.253 e. The largest absolute Gasteiger partial charge is 0.336 e. The molecule has 2 heterocycles. The standard InChI is InChI=1S/C22H20N2O2S/c25-21(10-9-20-6-3-15-27-20)23-11-13-24(14-12-23)22(26)19-8-7-17-4-1-2-5-18(17)16-19/h1-10,15-16H,11-14H2/b10-9+. The fraction of sp³-hybridized carbons (Fsp3) is 0.182. The van der Waals surface area contributed by atoms with Crippen molar-refractivity contribution in [1.82, 2.24) is 9.80 Å². The fourth-order valence-corrected chi connectivity index (χ4v) is 3.90. The topological polar surface area (TPSA) is 40.6 Å². The first-order valence-corrected chi connectivity index (χ1v) is 9.87. The Morgan fingerprint density at radius 2 is 1.59 bits per heavy atom. The van der Waals surface area contributed by atoms with Gasteiger partial charge in [0.1, 0.15) is 0 Å². The molecule has 0 N–H and O–H groups in total. The summed E-state index contributed by atoms with van der Waals surface area (Å²) in [7, 11) is 0. The molecule has 1 aromatic heterocycles. The molecular formula is C22H20N2O2S. The Morgan fingerprint density at radius 3 is 2.33 bits per heavy atom. The lowest BCUT2D eigenvalue weighted by Gasteiger charge is -2.34. The summed E-state index contributed by atoms with van der Waals surface area (Å²) in [5.41, 5.74) is 0.700. The Kier molecular flexibility index (Phi) is 5.03. The molecule has 0 unspecified atom stereocenters. The molecule has 2 aromatic carbocycles. The van der Waals surface area contributed by atoms with Crippen LogP contribution in [0.5, 0.6) is 0 Å². The van der Waals surface area contributed by atoms with Gasteiger partial charge in [0.25, 0.3) is 5.91 Å². The van der Waals surface area contributed by atoms with Crippen LogP contribution in [0, 0.1) is 0 Å². The molecule has 0 saturated carbocycles. The molecule has 5 heteroatoms. The van der Waals surface area contributed by atoms with Gasteiger partial charge in [-0.1, -0.05) is 36.4 Å². The maximum atomic E-state index is 12.8. The van der Waals surface area contributed by atoms with Crippen molar-refractivity contribution < 1.29 is 9.59 Å². The van der Waals surface area contributed by atoms with Crippen molar-refractivity contribution in [1.29, 1.82) is 0 Å². The number of nitrogens with zero attached hydrogens (tertiary/aromatic N) is 2. The SMILES string of the molecule is O=C(/C=C/c1cccs1)N1CCN(C(=O)c2ccc3ccccc3c2)CC1. The number of carbonyl (C=O) groups excluding carboxylic acids is 2. The molecule has 4 nitrogen and oxygen atoms in total. The molecule has 27 heavy (non-hydrogen) atoms. The van der Waals surface area contributed by atoms with E-state index in [1.165, 1.54) is 0 Å². The first-order chi connectivity index (χ1) is 13.2. The molecule has 0 radical (unpaired) electrons. The summed E-state index contributed by atoms with van der Waals surface area (Å²) in [5, 5.41) is 4.18. The number of carbonyl (C=O) groups is 2. The third kappa shape index (κ3) is 3.93. The second kappa shape index (κ2) is 7.76. The van der Waals surface area contributed by atoms with Gasteiger partial charge in [-0.05, 0) is 40.4 Å². The summed E-state index contributed by atoms with van der Waals surface area (Å²) >= 11 is 1.60. The van der Waals surface area contributed by atoms with E-state index in [9.17, 15) is 9.59 Å². The van der Waals surface area contributed by atoms with E-state index < -0.39 is 0 Å². The van der Waals surface area contributed by atoms with Crippen molar-refractivity contribution in [2.24, 2.45) is 0 Å². The van der Waals surface area contributed by atoms with Crippen molar-refractivity contribution in [3.05, 3.63) is 76.5 Å².